The third kappa shape index (κ3) is 6.40. The van der Waals surface area contributed by atoms with E-state index in [9.17, 15) is 35.9 Å². The third-order valence-corrected chi connectivity index (χ3v) is 5.09. The number of nitrogens with one attached hydrogen (secondary N) is 1. The second-order valence-corrected chi connectivity index (χ2v) is 7.61. The maximum atomic E-state index is 13.0. The van der Waals surface area contributed by atoms with Crippen molar-refractivity contribution in [1.82, 2.24) is 5.32 Å². The molecule has 0 aromatic heterocycles. The van der Waals surface area contributed by atoms with Crippen molar-refractivity contribution in [2.24, 2.45) is 0 Å². The van der Waals surface area contributed by atoms with Crippen LogP contribution >= 0.6 is 0 Å². The summed E-state index contributed by atoms with van der Waals surface area (Å²) in [5.41, 5.74) is -1.78. The molecule has 34 heavy (non-hydrogen) atoms. The van der Waals surface area contributed by atoms with Gasteiger partial charge in [0.15, 0.2) is 0 Å². The molecule has 0 fully saturated rings. The van der Waals surface area contributed by atoms with Gasteiger partial charge in [0.05, 0.1) is 24.1 Å². The number of benzene rings is 2. The molecule has 0 radical (unpaired) electrons. The van der Waals surface area contributed by atoms with Gasteiger partial charge < -0.3 is 20.1 Å². The Hall–Kier alpha value is -3.28. The Balaban J connectivity index is 1.68. The van der Waals surface area contributed by atoms with Crippen LogP contribution in [-0.2, 0) is 35.0 Å². The molecule has 2 aromatic rings. The highest BCUT2D eigenvalue weighted by Gasteiger charge is 2.37. The van der Waals surface area contributed by atoms with Crippen molar-refractivity contribution in [2.75, 3.05) is 24.5 Å². The van der Waals surface area contributed by atoms with Crippen LogP contribution in [0.4, 0.5) is 32.0 Å². The van der Waals surface area contributed by atoms with Crippen LogP contribution in [0.3, 0.4) is 0 Å². The molecule has 0 spiro atoms. The molecule has 3 rings (SSSR count). The lowest BCUT2D eigenvalue weighted by molar-refractivity contribution is -0.143. The molecule has 0 unspecified atom stereocenters. The number of rotatable bonds is 8. The number of halogens is 6. The van der Waals surface area contributed by atoms with Gasteiger partial charge in [-0.15, -0.1) is 0 Å². The van der Waals surface area contributed by atoms with E-state index in [0.29, 0.717) is 30.8 Å². The first-order valence-electron chi connectivity index (χ1n) is 10.1. The number of ether oxygens (including phenoxy) is 1. The van der Waals surface area contributed by atoms with Crippen LogP contribution in [0.1, 0.15) is 28.7 Å². The standard InChI is InChI=1S/C22H20F6N2O4/c23-21(24,25)15-7-13(8-16(10-15)22(26,27)28)12-34-17-1-2-18-14(9-17)4-6-30(18)19(31)11-29-5-3-20(32)33/h1-2,7-10,29H,3-6,11-12H2,(H,32,33). The number of hydrogen-bond acceptors (Lipinski definition) is 4. The van der Waals surface area contributed by atoms with Crippen molar-refractivity contribution < 1.29 is 45.8 Å². The molecule has 12 heteroatoms. The maximum Gasteiger partial charge on any atom is 0.416 e. The van der Waals surface area contributed by atoms with E-state index < -0.39 is 36.1 Å². The van der Waals surface area contributed by atoms with Crippen LogP contribution in [0.15, 0.2) is 36.4 Å². The lowest BCUT2D eigenvalue weighted by atomic mass is 10.1. The number of carbonyl (C=O) groups excluding carboxylic acids is 1. The first-order valence-corrected chi connectivity index (χ1v) is 10.1. The zero-order chi connectivity index (χ0) is 25.1. The van der Waals surface area contributed by atoms with Gasteiger partial charge in [0, 0.05) is 18.8 Å². The molecular weight excluding hydrogens is 470 g/mol. The SMILES string of the molecule is O=C(O)CCNCC(=O)N1CCc2cc(OCc3cc(C(F)(F)F)cc(C(F)(F)F)c3)ccc21. The van der Waals surface area contributed by atoms with Crippen LogP contribution in [0.25, 0.3) is 0 Å². The Morgan fingerprint density at radius 2 is 1.65 bits per heavy atom. The molecule has 6 nitrogen and oxygen atoms in total. The second-order valence-electron chi connectivity index (χ2n) is 7.61. The second kappa shape index (κ2) is 9.92. The lowest BCUT2D eigenvalue weighted by Crippen LogP contribution is -2.37. The number of carboxylic acids is 1. The zero-order valence-corrected chi connectivity index (χ0v) is 17.6. The number of alkyl halides is 6. The summed E-state index contributed by atoms with van der Waals surface area (Å²) in [6.45, 7) is -0.0507. The van der Waals surface area contributed by atoms with E-state index >= 15 is 0 Å². The summed E-state index contributed by atoms with van der Waals surface area (Å²) < 4.78 is 83.5. The average molecular weight is 490 g/mol. The maximum absolute atomic E-state index is 13.0. The molecule has 0 aliphatic carbocycles. The quantitative estimate of drug-likeness (QED) is 0.427. The Morgan fingerprint density at radius 1 is 1.00 bits per heavy atom. The molecule has 0 saturated carbocycles. The fraction of sp³-hybridized carbons (Fsp3) is 0.364. The van der Waals surface area contributed by atoms with Gasteiger partial charge >= 0.3 is 18.3 Å². The van der Waals surface area contributed by atoms with E-state index in [2.05, 4.69) is 5.32 Å². The predicted octanol–water partition coefficient (Wildman–Crippen LogP) is 4.26. The normalized spacial score (nSPS) is 13.6. The highest BCUT2D eigenvalue weighted by Crippen LogP contribution is 2.37. The van der Waals surface area contributed by atoms with Crippen molar-refractivity contribution in [1.29, 1.82) is 0 Å². The van der Waals surface area contributed by atoms with Gasteiger partial charge in [-0.25, -0.2) is 0 Å². The van der Waals surface area contributed by atoms with Crippen molar-refractivity contribution in [3.8, 4) is 5.75 Å². The van der Waals surface area contributed by atoms with Crippen molar-refractivity contribution in [2.45, 2.75) is 31.8 Å². The van der Waals surface area contributed by atoms with Crippen molar-refractivity contribution >= 4 is 17.6 Å². The van der Waals surface area contributed by atoms with E-state index in [1.54, 1.807) is 12.1 Å². The number of anilines is 1. The highest BCUT2D eigenvalue weighted by molar-refractivity contribution is 5.96. The summed E-state index contributed by atoms with van der Waals surface area (Å²) >= 11 is 0. The molecule has 0 bridgehead atoms. The number of carbonyl (C=O) groups is 2. The Labute approximate surface area is 190 Å². The van der Waals surface area contributed by atoms with E-state index in [1.165, 1.54) is 11.0 Å². The number of hydrogen-bond donors (Lipinski definition) is 2. The van der Waals surface area contributed by atoms with E-state index in [0.717, 1.165) is 5.56 Å². The number of nitrogens with zero attached hydrogens (tertiary/aromatic N) is 1. The van der Waals surface area contributed by atoms with E-state index in [-0.39, 0.29) is 42.8 Å². The summed E-state index contributed by atoms with van der Waals surface area (Å²) in [4.78, 5) is 24.4. The van der Waals surface area contributed by atoms with Gasteiger partial charge in [0.2, 0.25) is 5.91 Å². The first-order chi connectivity index (χ1) is 15.8. The van der Waals surface area contributed by atoms with Crippen LogP contribution in [0.5, 0.6) is 5.75 Å². The number of fused-ring (bicyclic) bond motifs is 1. The van der Waals surface area contributed by atoms with Crippen molar-refractivity contribution in [3.63, 3.8) is 0 Å². The lowest BCUT2D eigenvalue weighted by Gasteiger charge is -2.18. The van der Waals surface area contributed by atoms with E-state index in [4.69, 9.17) is 9.84 Å². The first kappa shape index (κ1) is 25.3. The highest BCUT2D eigenvalue weighted by atomic mass is 19.4. The molecule has 0 atom stereocenters. The van der Waals surface area contributed by atoms with Crippen molar-refractivity contribution in [3.05, 3.63) is 58.7 Å². The summed E-state index contributed by atoms with van der Waals surface area (Å²) in [5.74, 6) is -1.01. The van der Waals surface area contributed by atoms with Crippen LogP contribution < -0.4 is 15.0 Å². The minimum absolute atomic E-state index is 0.0535. The zero-order valence-electron chi connectivity index (χ0n) is 17.6. The predicted molar refractivity (Wildman–Crippen MR) is 108 cm³/mol. The molecule has 1 aliphatic rings. The Morgan fingerprint density at radius 3 is 2.24 bits per heavy atom. The molecule has 1 aliphatic heterocycles. The van der Waals surface area contributed by atoms with Crippen LogP contribution in [0.2, 0.25) is 0 Å². The molecule has 184 valence electrons. The average Bonchev–Trinajstić information content (AvgIpc) is 3.17. The molecule has 0 saturated heterocycles. The van der Waals surface area contributed by atoms with Crippen LogP contribution in [0, 0.1) is 0 Å². The Bertz CT molecular complexity index is 1040. The fourth-order valence-electron chi connectivity index (χ4n) is 3.48. The number of carboxylic acid groups (broad SMARTS) is 1. The minimum atomic E-state index is -4.94. The third-order valence-electron chi connectivity index (χ3n) is 5.09. The monoisotopic (exact) mass is 490 g/mol. The van der Waals surface area contributed by atoms with Gasteiger partial charge in [-0.2, -0.15) is 26.3 Å². The minimum Gasteiger partial charge on any atom is -0.489 e. The topological polar surface area (TPSA) is 78.9 Å². The number of amides is 1. The summed E-state index contributed by atoms with van der Waals surface area (Å²) in [7, 11) is 0. The van der Waals surface area contributed by atoms with Gasteiger partial charge in [0.25, 0.3) is 0 Å². The van der Waals surface area contributed by atoms with Gasteiger partial charge in [-0.05, 0) is 53.9 Å². The molecule has 1 heterocycles. The largest absolute Gasteiger partial charge is 0.489 e. The number of aliphatic carboxylic acids is 1. The van der Waals surface area contributed by atoms with Gasteiger partial charge in [-0.3, -0.25) is 9.59 Å². The molecule has 1 amide bonds. The van der Waals surface area contributed by atoms with Gasteiger partial charge in [0.1, 0.15) is 12.4 Å². The molecule has 2 N–H and O–H groups in total. The van der Waals surface area contributed by atoms with E-state index in [1.807, 2.05) is 0 Å². The van der Waals surface area contributed by atoms with Crippen LogP contribution in [-0.4, -0.2) is 36.6 Å². The molecule has 2 aromatic carbocycles. The molecular formula is C22H20F6N2O4. The summed E-state index contributed by atoms with van der Waals surface area (Å²) in [6, 6.07) is 5.92. The Kier molecular flexibility index (Phi) is 7.39. The fourth-order valence-corrected chi connectivity index (χ4v) is 3.48. The van der Waals surface area contributed by atoms with Gasteiger partial charge in [-0.1, -0.05) is 0 Å². The smallest absolute Gasteiger partial charge is 0.416 e. The summed E-state index contributed by atoms with van der Waals surface area (Å²) in [6.07, 6.45) is -9.53. The summed E-state index contributed by atoms with van der Waals surface area (Å²) in [5, 5.41) is 11.4.